The van der Waals surface area contributed by atoms with Crippen LogP contribution in [0.1, 0.15) is 51.4 Å². The molecule has 0 aliphatic heterocycles. The van der Waals surface area contributed by atoms with Crippen LogP contribution in [0.5, 0.6) is 0 Å². The second-order valence-corrected chi connectivity index (χ2v) is 4.20. The van der Waals surface area contributed by atoms with Gasteiger partial charge < -0.3 is 9.26 Å². The number of aromatic nitrogens is 2. The summed E-state index contributed by atoms with van der Waals surface area (Å²) in [6.07, 6.45) is -0.225. The van der Waals surface area contributed by atoms with E-state index in [1.165, 1.54) is 6.92 Å². The Bertz CT molecular complexity index is 360. The lowest BCUT2D eigenvalue weighted by atomic mass is 9.92. The number of hydrogen-bond acceptors (Lipinski definition) is 5. The average molecular weight is 226 g/mol. The SMILES string of the molecule is COC(C)c1noc(C(C(C)=O)C(C)C)n1. The topological polar surface area (TPSA) is 65.2 Å². The van der Waals surface area contributed by atoms with Gasteiger partial charge in [-0.3, -0.25) is 4.79 Å². The van der Waals surface area contributed by atoms with Crippen LogP contribution in [0.25, 0.3) is 0 Å². The molecule has 0 aliphatic rings. The molecule has 0 saturated heterocycles. The Morgan fingerprint density at radius 1 is 1.38 bits per heavy atom. The summed E-state index contributed by atoms with van der Waals surface area (Å²) in [5.41, 5.74) is 0. The van der Waals surface area contributed by atoms with Crippen LogP contribution in [0.3, 0.4) is 0 Å². The van der Waals surface area contributed by atoms with E-state index in [0.29, 0.717) is 11.7 Å². The van der Waals surface area contributed by atoms with E-state index in [4.69, 9.17) is 9.26 Å². The quantitative estimate of drug-likeness (QED) is 0.769. The van der Waals surface area contributed by atoms with Crippen molar-refractivity contribution in [2.45, 2.75) is 39.7 Å². The van der Waals surface area contributed by atoms with E-state index in [1.807, 2.05) is 20.8 Å². The molecule has 5 heteroatoms. The number of carbonyl (C=O) groups excluding carboxylic acids is 1. The monoisotopic (exact) mass is 226 g/mol. The fraction of sp³-hybridized carbons (Fsp3) is 0.727. The Hall–Kier alpha value is -1.23. The Balaban J connectivity index is 2.95. The highest BCUT2D eigenvalue weighted by Gasteiger charge is 2.27. The zero-order valence-corrected chi connectivity index (χ0v) is 10.4. The van der Waals surface area contributed by atoms with Gasteiger partial charge in [-0.2, -0.15) is 4.98 Å². The number of methoxy groups -OCH3 is 1. The molecule has 0 radical (unpaired) electrons. The molecule has 90 valence electrons. The van der Waals surface area contributed by atoms with Crippen molar-refractivity contribution < 1.29 is 14.1 Å². The molecule has 1 aromatic heterocycles. The summed E-state index contributed by atoms with van der Waals surface area (Å²) in [5.74, 6) is 0.704. The summed E-state index contributed by atoms with van der Waals surface area (Å²) in [6.45, 7) is 7.27. The van der Waals surface area contributed by atoms with Crippen LogP contribution in [-0.4, -0.2) is 23.0 Å². The first-order valence-corrected chi connectivity index (χ1v) is 5.34. The van der Waals surface area contributed by atoms with Crippen molar-refractivity contribution in [3.8, 4) is 0 Å². The molecule has 0 spiro atoms. The van der Waals surface area contributed by atoms with Crippen LogP contribution in [-0.2, 0) is 9.53 Å². The fourth-order valence-corrected chi connectivity index (χ4v) is 1.57. The maximum Gasteiger partial charge on any atom is 0.237 e. The van der Waals surface area contributed by atoms with Gasteiger partial charge in [0, 0.05) is 7.11 Å². The van der Waals surface area contributed by atoms with Crippen molar-refractivity contribution in [1.82, 2.24) is 10.1 Å². The first kappa shape index (κ1) is 12.8. The molecule has 0 fully saturated rings. The summed E-state index contributed by atoms with van der Waals surface area (Å²) in [5, 5.41) is 3.81. The Morgan fingerprint density at radius 2 is 2.00 bits per heavy atom. The number of rotatable bonds is 5. The minimum absolute atomic E-state index is 0.0373. The largest absolute Gasteiger partial charge is 0.374 e. The minimum Gasteiger partial charge on any atom is -0.374 e. The molecule has 1 heterocycles. The second kappa shape index (κ2) is 5.21. The van der Waals surface area contributed by atoms with E-state index in [0.717, 1.165) is 0 Å². The third-order valence-corrected chi connectivity index (χ3v) is 2.55. The summed E-state index contributed by atoms with van der Waals surface area (Å²) in [4.78, 5) is 15.7. The van der Waals surface area contributed by atoms with Crippen molar-refractivity contribution in [1.29, 1.82) is 0 Å². The summed E-state index contributed by atoms with van der Waals surface area (Å²) in [7, 11) is 1.58. The van der Waals surface area contributed by atoms with Crippen LogP contribution in [0.2, 0.25) is 0 Å². The normalized spacial score (nSPS) is 15.1. The minimum atomic E-state index is -0.328. The third-order valence-electron chi connectivity index (χ3n) is 2.55. The molecular weight excluding hydrogens is 208 g/mol. The number of ketones is 1. The number of ether oxygens (including phenoxy) is 1. The third kappa shape index (κ3) is 2.66. The molecule has 5 nitrogen and oxygen atoms in total. The Labute approximate surface area is 95.2 Å². The van der Waals surface area contributed by atoms with Gasteiger partial charge in [0.15, 0.2) is 5.82 Å². The molecule has 1 aromatic rings. The maximum atomic E-state index is 11.5. The second-order valence-electron chi connectivity index (χ2n) is 4.20. The molecule has 0 N–H and O–H groups in total. The van der Waals surface area contributed by atoms with E-state index < -0.39 is 0 Å². The van der Waals surface area contributed by atoms with Crippen molar-refractivity contribution >= 4 is 5.78 Å². The van der Waals surface area contributed by atoms with E-state index in [9.17, 15) is 4.79 Å². The highest BCUT2D eigenvalue weighted by Crippen LogP contribution is 2.25. The first-order chi connectivity index (χ1) is 7.47. The smallest absolute Gasteiger partial charge is 0.237 e. The molecule has 0 aromatic carbocycles. The highest BCUT2D eigenvalue weighted by atomic mass is 16.5. The summed E-state index contributed by atoms with van der Waals surface area (Å²) < 4.78 is 10.2. The number of nitrogens with zero attached hydrogens (tertiary/aromatic N) is 2. The van der Waals surface area contributed by atoms with Gasteiger partial charge in [0.2, 0.25) is 5.89 Å². The predicted octanol–water partition coefficient (Wildman–Crippen LogP) is 2.11. The molecule has 1 rings (SSSR count). The van der Waals surface area contributed by atoms with Gasteiger partial charge in [-0.05, 0) is 19.8 Å². The zero-order chi connectivity index (χ0) is 12.3. The Kier molecular flexibility index (Phi) is 4.18. The molecule has 0 aliphatic carbocycles. The molecule has 2 unspecified atom stereocenters. The van der Waals surface area contributed by atoms with Gasteiger partial charge in [-0.15, -0.1) is 0 Å². The molecule has 0 amide bonds. The standard InChI is InChI=1S/C11H18N2O3/c1-6(2)9(7(3)14)11-12-10(13-16-11)8(4)15-5/h6,8-9H,1-5H3. The van der Waals surface area contributed by atoms with Crippen LogP contribution >= 0.6 is 0 Å². The lowest BCUT2D eigenvalue weighted by Gasteiger charge is -2.12. The van der Waals surface area contributed by atoms with Crippen LogP contribution < -0.4 is 0 Å². The van der Waals surface area contributed by atoms with Gasteiger partial charge >= 0.3 is 0 Å². The molecule has 16 heavy (non-hydrogen) atoms. The lowest BCUT2D eigenvalue weighted by molar-refractivity contribution is -0.119. The van der Waals surface area contributed by atoms with Crippen LogP contribution in [0.4, 0.5) is 0 Å². The van der Waals surface area contributed by atoms with E-state index in [-0.39, 0.29) is 23.7 Å². The van der Waals surface area contributed by atoms with Gasteiger partial charge in [0.05, 0.1) is 5.92 Å². The Morgan fingerprint density at radius 3 is 2.44 bits per heavy atom. The van der Waals surface area contributed by atoms with E-state index >= 15 is 0 Å². The molecule has 2 atom stereocenters. The predicted molar refractivity (Wildman–Crippen MR) is 58.0 cm³/mol. The van der Waals surface area contributed by atoms with Gasteiger partial charge in [0.1, 0.15) is 11.9 Å². The van der Waals surface area contributed by atoms with Gasteiger partial charge in [-0.25, -0.2) is 0 Å². The van der Waals surface area contributed by atoms with E-state index in [2.05, 4.69) is 10.1 Å². The average Bonchev–Trinajstić information content (AvgIpc) is 2.64. The lowest BCUT2D eigenvalue weighted by Crippen LogP contribution is -2.15. The van der Waals surface area contributed by atoms with Crippen LogP contribution in [0, 0.1) is 5.92 Å². The fourth-order valence-electron chi connectivity index (χ4n) is 1.57. The van der Waals surface area contributed by atoms with Crippen molar-refractivity contribution in [2.24, 2.45) is 5.92 Å². The molecular formula is C11H18N2O3. The maximum absolute atomic E-state index is 11.5. The summed E-state index contributed by atoms with van der Waals surface area (Å²) in [6, 6.07) is 0. The van der Waals surface area contributed by atoms with Crippen LogP contribution in [0.15, 0.2) is 4.52 Å². The number of hydrogen-bond donors (Lipinski definition) is 0. The van der Waals surface area contributed by atoms with Gasteiger partial charge in [-0.1, -0.05) is 19.0 Å². The first-order valence-electron chi connectivity index (χ1n) is 5.34. The zero-order valence-electron chi connectivity index (χ0n) is 10.4. The van der Waals surface area contributed by atoms with Crippen molar-refractivity contribution in [3.05, 3.63) is 11.7 Å². The van der Waals surface area contributed by atoms with Gasteiger partial charge in [0.25, 0.3) is 0 Å². The number of carbonyl (C=O) groups is 1. The van der Waals surface area contributed by atoms with Crippen molar-refractivity contribution in [2.75, 3.05) is 7.11 Å². The molecule has 0 saturated carbocycles. The number of Topliss-reactive ketones (excluding diaryl/α,β-unsaturated/α-hetero) is 1. The van der Waals surface area contributed by atoms with E-state index in [1.54, 1.807) is 7.11 Å². The summed E-state index contributed by atoms with van der Waals surface area (Å²) >= 11 is 0. The van der Waals surface area contributed by atoms with Crippen molar-refractivity contribution in [3.63, 3.8) is 0 Å². The molecule has 0 bridgehead atoms. The highest BCUT2D eigenvalue weighted by molar-refractivity contribution is 5.82.